The highest BCUT2D eigenvalue weighted by molar-refractivity contribution is 5.79. The van der Waals surface area contributed by atoms with Gasteiger partial charge in [0.05, 0.1) is 6.54 Å². The fourth-order valence-corrected chi connectivity index (χ4v) is 4.01. The minimum Gasteiger partial charge on any atom is -0.337 e. The molecule has 108 valence electrons. The molecule has 0 radical (unpaired) electrons. The van der Waals surface area contributed by atoms with E-state index < -0.39 is 0 Å². The van der Waals surface area contributed by atoms with Crippen LogP contribution in [0.15, 0.2) is 0 Å². The SMILES string of the molecule is CNCC1(N2CCN(C3CC3)C(=O)C2)CCCCC1. The first-order chi connectivity index (χ1) is 9.25. The highest BCUT2D eigenvalue weighted by Gasteiger charge is 2.43. The summed E-state index contributed by atoms with van der Waals surface area (Å²) < 4.78 is 0. The van der Waals surface area contributed by atoms with Crippen molar-refractivity contribution in [3.05, 3.63) is 0 Å². The van der Waals surface area contributed by atoms with E-state index in [2.05, 4.69) is 15.1 Å². The van der Waals surface area contributed by atoms with E-state index in [9.17, 15) is 4.79 Å². The van der Waals surface area contributed by atoms with Crippen molar-refractivity contribution in [3.8, 4) is 0 Å². The summed E-state index contributed by atoms with van der Waals surface area (Å²) in [5.41, 5.74) is 0.248. The molecule has 1 amide bonds. The third kappa shape index (κ3) is 2.65. The fraction of sp³-hybridized carbons (Fsp3) is 0.933. The molecule has 0 bridgehead atoms. The Hall–Kier alpha value is -0.610. The number of rotatable bonds is 4. The Balaban J connectivity index is 1.67. The average molecular weight is 265 g/mol. The summed E-state index contributed by atoms with van der Waals surface area (Å²) in [7, 11) is 2.04. The third-order valence-electron chi connectivity index (χ3n) is 5.21. The number of piperazine rings is 1. The van der Waals surface area contributed by atoms with Gasteiger partial charge in [-0.05, 0) is 32.7 Å². The van der Waals surface area contributed by atoms with E-state index in [4.69, 9.17) is 0 Å². The number of hydrogen-bond acceptors (Lipinski definition) is 3. The fourth-order valence-electron chi connectivity index (χ4n) is 4.01. The van der Waals surface area contributed by atoms with Crippen LogP contribution in [0.4, 0.5) is 0 Å². The van der Waals surface area contributed by atoms with Crippen LogP contribution in [0.3, 0.4) is 0 Å². The van der Waals surface area contributed by atoms with Gasteiger partial charge >= 0.3 is 0 Å². The molecule has 1 N–H and O–H groups in total. The van der Waals surface area contributed by atoms with Crippen molar-refractivity contribution in [2.45, 2.75) is 56.5 Å². The lowest BCUT2D eigenvalue weighted by Crippen LogP contribution is -2.63. The molecule has 1 aliphatic heterocycles. The molecule has 1 heterocycles. The van der Waals surface area contributed by atoms with Crippen molar-refractivity contribution in [1.29, 1.82) is 0 Å². The second-order valence-electron chi connectivity index (χ2n) is 6.56. The number of nitrogens with one attached hydrogen (secondary N) is 1. The van der Waals surface area contributed by atoms with Crippen molar-refractivity contribution in [2.24, 2.45) is 0 Å². The van der Waals surface area contributed by atoms with Gasteiger partial charge in [0.2, 0.25) is 5.91 Å². The Morgan fingerprint density at radius 2 is 1.95 bits per heavy atom. The predicted octanol–water partition coefficient (Wildman–Crippen LogP) is 1.22. The van der Waals surface area contributed by atoms with Gasteiger partial charge in [-0.1, -0.05) is 19.3 Å². The number of nitrogens with zero attached hydrogens (tertiary/aromatic N) is 2. The third-order valence-corrected chi connectivity index (χ3v) is 5.21. The number of hydrogen-bond donors (Lipinski definition) is 1. The maximum atomic E-state index is 12.3. The molecule has 4 heteroatoms. The summed E-state index contributed by atoms with van der Waals surface area (Å²) in [5.74, 6) is 0.370. The molecule has 4 nitrogen and oxygen atoms in total. The van der Waals surface area contributed by atoms with Crippen LogP contribution in [0.5, 0.6) is 0 Å². The minimum absolute atomic E-state index is 0.248. The van der Waals surface area contributed by atoms with E-state index in [1.165, 1.54) is 44.9 Å². The normalized spacial score (nSPS) is 28.7. The molecule has 1 saturated heterocycles. The van der Waals surface area contributed by atoms with Crippen LogP contribution in [0.2, 0.25) is 0 Å². The van der Waals surface area contributed by atoms with Crippen LogP contribution in [-0.4, -0.2) is 60.5 Å². The second kappa shape index (κ2) is 5.41. The van der Waals surface area contributed by atoms with E-state index in [0.717, 1.165) is 19.6 Å². The molecule has 19 heavy (non-hydrogen) atoms. The van der Waals surface area contributed by atoms with Crippen molar-refractivity contribution in [2.75, 3.05) is 33.2 Å². The van der Waals surface area contributed by atoms with Crippen LogP contribution in [0.25, 0.3) is 0 Å². The van der Waals surface area contributed by atoms with E-state index >= 15 is 0 Å². The standard InChI is InChI=1S/C15H27N3O/c1-16-12-15(7-3-2-4-8-15)17-9-10-18(13-5-6-13)14(19)11-17/h13,16H,2-12H2,1H3. The Bertz CT molecular complexity index is 329. The summed E-state index contributed by atoms with van der Waals surface area (Å²) in [4.78, 5) is 17.0. The Morgan fingerprint density at radius 1 is 1.21 bits per heavy atom. The Labute approximate surface area is 116 Å². The first kappa shape index (κ1) is 13.4. The van der Waals surface area contributed by atoms with Gasteiger partial charge in [-0.2, -0.15) is 0 Å². The predicted molar refractivity (Wildman–Crippen MR) is 76.1 cm³/mol. The molecule has 0 aromatic heterocycles. The number of carbonyl (C=O) groups excluding carboxylic acids is 1. The average Bonchev–Trinajstić information content (AvgIpc) is 3.24. The molecule has 0 aromatic rings. The molecule has 0 spiro atoms. The van der Waals surface area contributed by atoms with Crippen molar-refractivity contribution >= 4 is 5.91 Å². The van der Waals surface area contributed by atoms with Crippen LogP contribution < -0.4 is 5.32 Å². The lowest BCUT2D eigenvalue weighted by Gasteiger charge is -2.49. The molecule has 3 aliphatic rings. The highest BCUT2D eigenvalue weighted by atomic mass is 16.2. The molecule has 0 atom stereocenters. The molecule has 0 unspecified atom stereocenters. The smallest absolute Gasteiger partial charge is 0.237 e. The lowest BCUT2D eigenvalue weighted by atomic mass is 9.79. The van der Waals surface area contributed by atoms with E-state index in [1.54, 1.807) is 0 Å². The van der Waals surface area contributed by atoms with Crippen LogP contribution in [0, 0.1) is 0 Å². The largest absolute Gasteiger partial charge is 0.337 e. The summed E-state index contributed by atoms with van der Waals surface area (Å²) in [5, 5.41) is 3.37. The number of likely N-dealkylation sites (N-methyl/N-ethyl adjacent to an activating group) is 1. The zero-order valence-electron chi connectivity index (χ0n) is 12.2. The van der Waals surface area contributed by atoms with Gasteiger partial charge in [-0.3, -0.25) is 9.69 Å². The topological polar surface area (TPSA) is 35.6 Å². The minimum atomic E-state index is 0.248. The molecule has 3 rings (SSSR count). The monoisotopic (exact) mass is 265 g/mol. The maximum absolute atomic E-state index is 12.3. The van der Waals surface area contributed by atoms with Gasteiger partial charge < -0.3 is 10.2 Å². The van der Waals surface area contributed by atoms with Gasteiger partial charge in [0.25, 0.3) is 0 Å². The molecule has 0 aromatic carbocycles. The highest BCUT2D eigenvalue weighted by Crippen LogP contribution is 2.35. The van der Waals surface area contributed by atoms with E-state index in [1.807, 2.05) is 7.05 Å². The van der Waals surface area contributed by atoms with Crippen LogP contribution in [-0.2, 0) is 4.79 Å². The van der Waals surface area contributed by atoms with Crippen molar-refractivity contribution < 1.29 is 4.79 Å². The van der Waals surface area contributed by atoms with Crippen LogP contribution in [0.1, 0.15) is 44.9 Å². The van der Waals surface area contributed by atoms with Crippen molar-refractivity contribution in [3.63, 3.8) is 0 Å². The van der Waals surface area contributed by atoms with E-state index in [-0.39, 0.29) is 5.54 Å². The number of carbonyl (C=O) groups is 1. The van der Waals surface area contributed by atoms with E-state index in [0.29, 0.717) is 18.5 Å². The Morgan fingerprint density at radius 3 is 2.53 bits per heavy atom. The summed E-state index contributed by atoms with van der Waals surface area (Å²) >= 11 is 0. The molecule has 3 fully saturated rings. The van der Waals surface area contributed by atoms with Gasteiger partial charge in [0.15, 0.2) is 0 Å². The summed E-state index contributed by atoms with van der Waals surface area (Å²) in [6.07, 6.45) is 8.97. The first-order valence-electron chi connectivity index (χ1n) is 7.94. The van der Waals surface area contributed by atoms with Gasteiger partial charge in [-0.25, -0.2) is 0 Å². The van der Waals surface area contributed by atoms with Gasteiger partial charge in [0, 0.05) is 31.2 Å². The molecular formula is C15H27N3O. The molecule has 2 aliphatic carbocycles. The Kier molecular flexibility index (Phi) is 3.81. The summed E-state index contributed by atoms with van der Waals surface area (Å²) in [6.45, 7) is 3.71. The number of amides is 1. The van der Waals surface area contributed by atoms with Gasteiger partial charge in [0.1, 0.15) is 0 Å². The molecular weight excluding hydrogens is 238 g/mol. The van der Waals surface area contributed by atoms with Gasteiger partial charge in [-0.15, -0.1) is 0 Å². The quantitative estimate of drug-likeness (QED) is 0.830. The molecule has 2 saturated carbocycles. The zero-order chi connectivity index (χ0) is 13.3. The lowest BCUT2D eigenvalue weighted by molar-refractivity contribution is -0.140. The first-order valence-corrected chi connectivity index (χ1v) is 7.94. The van der Waals surface area contributed by atoms with Crippen LogP contribution >= 0.6 is 0 Å². The van der Waals surface area contributed by atoms with Crippen molar-refractivity contribution in [1.82, 2.24) is 15.1 Å². The second-order valence-corrected chi connectivity index (χ2v) is 6.56. The summed E-state index contributed by atoms with van der Waals surface area (Å²) in [6, 6.07) is 0.584. The zero-order valence-corrected chi connectivity index (χ0v) is 12.2. The maximum Gasteiger partial charge on any atom is 0.237 e.